The van der Waals surface area contributed by atoms with Gasteiger partial charge in [0.15, 0.2) is 0 Å². The Bertz CT molecular complexity index is 6040. The third kappa shape index (κ3) is 9.04. The number of para-hydroxylation sites is 4. The number of benzene rings is 8. The fraction of sp³-hybridized carbons (Fsp3) is 0.308. The van der Waals surface area contributed by atoms with Crippen LogP contribution in [0, 0.1) is 25.3 Å². The summed E-state index contributed by atoms with van der Waals surface area (Å²) in [6.07, 6.45) is -4.86. The van der Waals surface area contributed by atoms with E-state index in [4.69, 9.17) is 46.7 Å². The quantitative estimate of drug-likeness (QED) is 0.112. The number of aromatic nitrogens is 4. The number of pyridine rings is 1. The Morgan fingerprint density at radius 2 is 1.19 bits per heavy atom. The van der Waals surface area contributed by atoms with Crippen molar-refractivity contribution in [2.45, 2.75) is 154 Å². The molecule has 3 aromatic heterocycles. The molecule has 0 aliphatic heterocycles. The van der Waals surface area contributed by atoms with Crippen LogP contribution in [0.2, 0.25) is 0 Å². The van der Waals surface area contributed by atoms with Gasteiger partial charge >= 0.3 is 0 Å². The van der Waals surface area contributed by atoms with E-state index in [1.807, 2.05) is 24.3 Å². The third-order valence-electron chi connectivity index (χ3n) is 16.6. The Kier molecular flexibility index (Phi) is 6.49. The molecular formula is C78H76N4OPt-2. The van der Waals surface area contributed by atoms with Gasteiger partial charge in [-0.3, -0.25) is 4.57 Å². The zero-order chi connectivity index (χ0) is 89.1. The summed E-state index contributed by atoms with van der Waals surface area (Å²) in [5.41, 5.74) is -23.5. The predicted octanol–water partition coefficient (Wildman–Crippen LogP) is 19.6. The van der Waals surface area contributed by atoms with Gasteiger partial charge in [0.1, 0.15) is 5.82 Å². The van der Waals surface area contributed by atoms with E-state index in [1.54, 1.807) is 29.0 Å². The van der Waals surface area contributed by atoms with E-state index in [-0.39, 0.29) is 71.5 Å². The molecule has 0 unspecified atom stereocenters. The molecule has 3 heterocycles. The van der Waals surface area contributed by atoms with Crippen LogP contribution in [0.4, 0.5) is 0 Å². The molecule has 5 nitrogen and oxygen atoms in total. The second-order valence-electron chi connectivity index (χ2n) is 23.3. The minimum Gasteiger partial charge on any atom is -0.510 e. The first-order chi connectivity index (χ1) is 54.8. The van der Waals surface area contributed by atoms with Crippen LogP contribution in [-0.4, -0.2) is 14.1 Å². The Morgan fingerprint density at radius 3 is 1.92 bits per heavy atom. The van der Waals surface area contributed by atoms with Crippen molar-refractivity contribution in [3.8, 4) is 62.1 Å². The van der Waals surface area contributed by atoms with Crippen LogP contribution in [0.5, 0.6) is 11.5 Å². The van der Waals surface area contributed by atoms with Crippen LogP contribution in [0.1, 0.15) is 204 Å². The number of imidazole rings is 1. The normalized spacial score (nSPS) is 26.6. The summed E-state index contributed by atoms with van der Waals surface area (Å²) in [6, 6.07) is 29.0. The van der Waals surface area contributed by atoms with Crippen LogP contribution in [0.15, 0.2) is 164 Å². The molecule has 3 aliphatic carbocycles. The summed E-state index contributed by atoms with van der Waals surface area (Å²) >= 11 is 0. The van der Waals surface area contributed by atoms with E-state index >= 15 is 0 Å². The summed E-state index contributed by atoms with van der Waals surface area (Å²) in [5.74, 6) is 0.249. The predicted molar refractivity (Wildman–Crippen MR) is 342 cm³/mol. The molecule has 0 fully saturated rings. The van der Waals surface area contributed by atoms with Gasteiger partial charge in [0.05, 0.1) is 24.9 Å². The average molecular weight is 1320 g/mol. The number of aryl methyl sites for hydroxylation is 1. The molecule has 3 aliphatic rings. The molecular weight excluding hydrogens is 1200 g/mol. The van der Waals surface area contributed by atoms with Gasteiger partial charge in [0.25, 0.3) is 6.33 Å². The summed E-state index contributed by atoms with van der Waals surface area (Å²) in [6.45, 7) is -27.9. The van der Waals surface area contributed by atoms with Crippen molar-refractivity contribution in [2.24, 2.45) is 0 Å². The van der Waals surface area contributed by atoms with Crippen molar-refractivity contribution >= 4 is 32.8 Å². The first kappa shape index (κ1) is 27.8. The van der Waals surface area contributed by atoms with Crippen molar-refractivity contribution in [3.63, 3.8) is 0 Å². The van der Waals surface area contributed by atoms with E-state index in [2.05, 4.69) is 58.3 Å². The van der Waals surface area contributed by atoms with Crippen LogP contribution >= 0.6 is 0 Å². The van der Waals surface area contributed by atoms with Crippen LogP contribution < -0.4 is 9.30 Å². The molecule has 0 bridgehead atoms. The van der Waals surface area contributed by atoms with Crippen molar-refractivity contribution < 1.29 is 81.1 Å². The van der Waals surface area contributed by atoms with E-state index in [0.29, 0.717) is 27.5 Å². The maximum absolute atomic E-state index is 10.4. The number of fused-ring (bicyclic) bond motifs is 7. The SMILES string of the molecule is [2H]c1c([2H])c2c(c([2H])c1-c1cccc(-c3c([2H])c([2H])c4c(c3[2H])C(C([2H])([2H])[2H])(C([2H])([2H])[2H])C([2H])([2H])C([2H])([2H])C4(C([2H])([2H])[2H])C([2H])([2H])[2H])c1-[n+]1[c-]n(-c3[c-]c(Oc4[c-]c5c(cc4)c4ccccc4n5-c4cc(C([2H])([2H])[2H])c(-c5ccc6c(c5)C(C)(C)CCC6(C)C)cn4)ccc3)c3ccccc31)C(C([2H])([2H])[2H])(C([2H])([2H])[2H])CC2(C([2H])([2H])[2H])C([2H])([2H])[2H].[Pt]. The smallest absolute Gasteiger partial charge is 0.268 e. The first-order valence-corrected chi connectivity index (χ1v) is 27.0. The molecule has 8 aromatic carbocycles. The van der Waals surface area contributed by atoms with Crippen LogP contribution in [0.25, 0.3) is 83.4 Å². The second-order valence-corrected chi connectivity index (χ2v) is 23.3. The monoisotopic (exact) mass is 1320 g/mol. The Balaban J connectivity index is 0.0000126. The summed E-state index contributed by atoms with van der Waals surface area (Å²) in [5, 5.41) is 1.38. The minimum absolute atomic E-state index is 0. The largest absolute Gasteiger partial charge is 0.510 e. The van der Waals surface area contributed by atoms with E-state index < -0.39 is 189 Å². The number of ether oxygens (including phenoxy) is 1. The van der Waals surface area contributed by atoms with E-state index in [9.17, 15) is 13.7 Å². The van der Waals surface area contributed by atoms with Gasteiger partial charge in [0, 0.05) is 92.3 Å². The number of hydrogen-bond acceptors (Lipinski definition) is 2. The second kappa shape index (κ2) is 19.6. The topological polar surface area (TPSA) is 35.9 Å². The molecule has 0 N–H and O–H groups in total. The fourth-order valence-corrected chi connectivity index (χ4v) is 12.2. The molecule has 14 rings (SSSR count). The maximum Gasteiger partial charge on any atom is 0.268 e. The molecule has 84 heavy (non-hydrogen) atoms. The molecule has 0 saturated carbocycles. The van der Waals surface area contributed by atoms with E-state index in [1.165, 1.54) is 58.7 Å². The molecule has 0 radical (unpaired) electrons. The summed E-state index contributed by atoms with van der Waals surface area (Å²) in [7, 11) is 0. The van der Waals surface area contributed by atoms with Gasteiger partial charge in [-0.15, -0.1) is 29.7 Å². The van der Waals surface area contributed by atoms with Gasteiger partial charge in [-0.1, -0.05) is 203 Å². The van der Waals surface area contributed by atoms with Crippen LogP contribution in [-0.2, 0) is 53.6 Å². The van der Waals surface area contributed by atoms with Crippen molar-refractivity contribution in [3.05, 3.63) is 221 Å². The van der Waals surface area contributed by atoms with Crippen LogP contribution in [0.3, 0.4) is 0 Å². The van der Waals surface area contributed by atoms with E-state index in [0.717, 1.165) is 46.6 Å². The maximum atomic E-state index is 10.4. The molecule has 6 heteroatoms. The molecule has 0 saturated heterocycles. The van der Waals surface area contributed by atoms with Gasteiger partial charge in [-0.2, -0.15) is 18.2 Å². The van der Waals surface area contributed by atoms with Gasteiger partial charge in [0.2, 0.25) is 0 Å². The number of hydrogen-bond donors (Lipinski definition) is 0. The van der Waals surface area contributed by atoms with Crippen molar-refractivity contribution in [1.82, 2.24) is 14.1 Å². The Hall–Kier alpha value is -7.33. The third-order valence-corrected chi connectivity index (χ3v) is 16.6. The summed E-state index contributed by atoms with van der Waals surface area (Å²) in [4.78, 5) is 4.96. The molecule has 0 spiro atoms. The van der Waals surface area contributed by atoms with Crippen molar-refractivity contribution in [2.75, 3.05) is 0 Å². The van der Waals surface area contributed by atoms with Gasteiger partial charge < -0.3 is 13.9 Å². The Labute approximate surface area is 564 Å². The van der Waals surface area contributed by atoms with Gasteiger partial charge in [-0.25, -0.2) is 4.98 Å². The standard InChI is InChI=1S/C78H76N4O.Pt/c1-49-40-71(79-46-60(49)52-30-34-62-65(43-52)76(8,9)39-37-74(62,4)5)82-67-25-15-14-22-58(67)59-32-31-55(45-70(59)82)83-54-21-18-20-53(44-54)80-48-81(69-27-17-16-26-68(69)80)72-56(50-28-33-61-64(41-50)75(6,7)38-36-73(61,2)3)23-19-24-57(72)51-29-35-63-66(42-51)78(12,13)47-77(63,10)11;/h14-35,40-43,46H,36-39,47H2,1-13H3;/q-2;/i1D3,2D3,3D3,6D3,7D3,10D3,11D3,12D3,13D3,28D,29D,33D,35D,36D2,38D2,41D,42D;. The number of rotatable bonds is 8. The molecule has 11 aromatic rings. The Morgan fingerprint density at radius 1 is 0.560 bits per heavy atom. The fourth-order valence-electron chi connectivity index (χ4n) is 12.2. The zero-order valence-corrected chi connectivity index (χ0v) is 48.0. The minimum atomic E-state index is -4.81. The number of nitrogens with zero attached hydrogens (tertiary/aromatic N) is 4. The summed E-state index contributed by atoms with van der Waals surface area (Å²) < 4.78 is 351. The first-order valence-electron chi connectivity index (χ1n) is 45.5. The molecule has 426 valence electrons. The molecule has 0 amide bonds. The van der Waals surface area contributed by atoms with Gasteiger partial charge in [-0.05, 0) is 161 Å². The zero-order valence-electron chi connectivity index (χ0n) is 82.8. The average Bonchev–Trinajstić information content (AvgIpc) is 1.47. The van der Waals surface area contributed by atoms with Crippen molar-refractivity contribution in [1.29, 1.82) is 0 Å². The molecule has 0 atom stereocenters.